The lowest BCUT2D eigenvalue weighted by molar-refractivity contribution is 0.0697. The molecule has 0 saturated carbocycles. The molecule has 21 heavy (non-hydrogen) atoms. The summed E-state index contributed by atoms with van der Waals surface area (Å²) in [5.41, 5.74) is 3.64. The number of benzene rings is 1. The van der Waals surface area contributed by atoms with E-state index in [1.165, 1.54) is 18.4 Å². The normalized spacial score (nSPS) is 13.9. The maximum Gasteiger partial charge on any atom is 0.335 e. The van der Waals surface area contributed by atoms with E-state index in [1.54, 1.807) is 12.1 Å². The molecule has 2 N–H and O–H groups in total. The zero-order valence-electron chi connectivity index (χ0n) is 11.8. The van der Waals surface area contributed by atoms with Crippen molar-refractivity contribution in [1.29, 1.82) is 0 Å². The molecule has 0 bridgehead atoms. The van der Waals surface area contributed by atoms with E-state index in [2.05, 4.69) is 10.5 Å². The number of nitrogens with one attached hydrogen (secondary N) is 1. The Hall–Kier alpha value is -2.14. The number of rotatable bonds is 5. The van der Waals surface area contributed by atoms with E-state index in [1.807, 2.05) is 12.1 Å². The van der Waals surface area contributed by atoms with Gasteiger partial charge in [0.15, 0.2) is 0 Å². The minimum absolute atomic E-state index is 0.310. The molecule has 3 rings (SSSR count). The number of carboxylic acid groups (broad SMARTS) is 1. The number of hydrogen-bond donors (Lipinski definition) is 2. The first-order chi connectivity index (χ1) is 10.2. The molecule has 0 radical (unpaired) electrons. The summed E-state index contributed by atoms with van der Waals surface area (Å²) in [6.07, 6.45) is 4.45. The lowest BCUT2D eigenvalue weighted by Gasteiger charge is -2.09. The molecule has 0 amide bonds. The lowest BCUT2D eigenvalue weighted by Crippen LogP contribution is -2.15. The second-order valence-corrected chi connectivity index (χ2v) is 5.34. The van der Waals surface area contributed by atoms with Gasteiger partial charge in [-0.3, -0.25) is 0 Å². The third-order valence-corrected chi connectivity index (χ3v) is 3.85. The van der Waals surface area contributed by atoms with Crippen molar-refractivity contribution < 1.29 is 14.4 Å². The van der Waals surface area contributed by atoms with Crippen LogP contribution < -0.4 is 5.32 Å². The van der Waals surface area contributed by atoms with Crippen molar-refractivity contribution in [2.75, 3.05) is 0 Å². The molecule has 1 aromatic heterocycles. The van der Waals surface area contributed by atoms with E-state index in [0.29, 0.717) is 18.7 Å². The molecule has 0 unspecified atom stereocenters. The summed E-state index contributed by atoms with van der Waals surface area (Å²) in [5.74, 6) is 0.146. The van der Waals surface area contributed by atoms with Crippen molar-refractivity contribution in [2.24, 2.45) is 0 Å². The van der Waals surface area contributed by atoms with Crippen molar-refractivity contribution in [2.45, 2.75) is 38.8 Å². The molecule has 0 fully saturated rings. The zero-order chi connectivity index (χ0) is 14.7. The van der Waals surface area contributed by atoms with Crippen LogP contribution >= 0.6 is 0 Å². The SMILES string of the molecule is O=C(O)c1ccc(CNCc2noc3c2CCCC3)cc1. The van der Waals surface area contributed by atoms with Crippen LogP contribution in [0.1, 0.15) is 45.8 Å². The van der Waals surface area contributed by atoms with Crippen LogP contribution in [0.15, 0.2) is 28.8 Å². The average molecular weight is 286 g/mol. The van der Waals surface area contributed by atoms with Gasteiger partial charge in [-0.1, -0.05) is 17.3 Å². The number of aromatic nitrogens is 1. The zero-order valence-corrected chi connectivity index (χ0v) is 11.8. The van der Waals surface area contributed by atoms with Gasteiger partial charge in [0.1, 0.15) is 11.5 Å². The number of aryl methyl sites for hydroxylation is 1. The van der Waals surface area contributed by atoms with E-state index in [4.69, 9.17) is 9.63 Å². The number of carbonyl (C=O) groups is 1. The Morgan fingerprint density at radius 1 is 1.19 bits per heavy atom. The van der Waals surface area contributed by atoms with Gasteiger partial charge in [-0.2, -0.15) is 0 Å². The smallest absolute Gasteiger partial charge is 0.335 e. The third-order valence-electron chi connectivity index (χ3n) is 3.85. The first kappa shape index (κ1) is 13.8. The fourth-order valence-corrected chi connectivity index (χ4v) is 2.68. The third kappa shape index (κ3) is 3.13. The minimum Gasteiger partial charge on any atom is -0.478 e. The second-order valence-electron chi connectivity index (χ2n) is 5.34. The molecule has 0 atom stereocenters. The molecule has 1 heterocycles. The fourth-order valence-electron chi connectivity index (χ4n) is 2.68. The lowest BCUT2D eigenvalue weighted by atomic mass is 9.96. The van der Waals surface area contributed by atoms with E-state index in [9.17, 15) is 4.79 Å². The largest absolute Gasteiger partial charge is 0.478 e. The van der Waals surface area contributed by atoms with Gasteiger partial charge >= 0.3 is 5.97 Å². The molecule has 0 saturated heterocycles. The number of aromatic carboxylic acids is 1. The first-order valence-corrected chi connectivity index (χ1v) is 7.23. The monoisotopic (exact) mass is 286 g/mol. The van der Waals surface area contributed by atoms with Crippen molar-refractivity contribution in [3.05, 3.63) is 52.4 Å². The van der Waals surface area contributed by atoms with Crippen LogP contribution in [0.3, 0.4) is 0 Å². The quantitative estimate of drug-likeness (QED) is 0.883. The van der Waals surface area contributed by atoms with Gasteiger partial charge in [0.2, 0.25) is 0 Å². The van der Waals surface area contributed by atoms with Crippen LogP contribution in [-0.4, -0.2) is 16.2 Å². The van der Waals surface area contributed by atoms with Crippen LogP contribution in [0.2, 0.25) is 0 Å². The summed E-state index contributed by atoms with van der Waals surface area (Å²) in [7, 11) is 0. The maximum atomic E-state index is 10.8. The number of fused-ring (bicyclic) bond motifs is 1. The topological polar surface area (TPSA) is 75.4 Å². The molecular weight excluding hydrogens is 268 g/mol. The Labute approximate surface area is 123 Å². The summed E-state index contributed by atoms with van der Waals surface area (Å²) in [4.78, 5) is 10.8. The van der Waals surface area contributed by atoms with Crippen LogP contribution in [-0.2, 0) is 25.9 Å². The Morgan fingerprint density at radius 2 is 1.95 bits per heavy atom. The highest BCUT2D eigenvalue weighted by atomic mass is 16.5. The van der Waals surface area contributed by atoms with Gasteiger partial charge in [0.25, 0.3) is 0 Å². The van der Waals surface area contributed by atoms with E-state index >= 15 is 0 Å². The van der Waals surface area contributed by atoms with Gasteiger partial charge in [-0.15, -0.1) is 0 Å². The van der Waals surface area contributed by atoms with Crippen LogP contribution in [0, 0.1) is 0 Å². The number of carboxylic acids is 1. The predicted molar refractivity (Wildman–Crippen MR) is 77.1 cm³/mol. The molecule has 5 heteroatoms. The van der Waals surface area contributed by atoms with Gasteiger partial charge in [-0.25, -0.2) is 4.79 Å². The van der Waals surface area contributed by atoms with Gasteiger partial charge in [-0.05, 0) is 37.0 Å². The van der Waals surface area contributed by atoms with Crippen molar-refractivity contribution >= 4 is 5.97 Å². The molecule has 0 spiro atoms. The molecule has 1 aliphatic rings. The predicted octanol–water partition coefficient (Wildman–Crippen LogP) is 2.54. The van der Waals surface area contributed by atoms with E-state index in [-0.39, 0.29) is 0 Å². The Morgan fingerprint density at radius 3 is 2.71 bits per heavy atom. The maximum absolute atomic E-state index is 10.8. The van der Waals surface area contributed by atoms with Crippen LogP contribution in [0.4, 0.5) is 0 Å². The van der Waals surface area contributed by atoms with E-state index < -0.39 is 5.97 Å². The average Bonchev–Trinajstić information content (AvgIpc) is 2.91. The van der Waals surface area contributed by atoms with Gasteiger partial charge < -0.3 is 14.9 Å². The molecule has 2 aromatic rings. The van der Waals surface area contributed by atoms with Crippen LogP contribution in [0.25, 0.3) is 0 Å². The number of nitrogens with zero attached hydrogens (tertiary/aromatic N) is 1. The highest BCUT2D eigenvalue weighted by Gasteiger charge is 2.18. The first-order valence-electron chi connectivity index (χ1n) is 7.23. The molecule has 1 aliphatic carbocycles. The van der Waals surface area contributed by atoms with Gasteiger partial charge in [0, 0.05) is 25.1 Å². The van der Waals surface area contributed by atoms with Crippen molar-refractivity contribution in [3.63, 3.8) is 0 Å². The Balaban J connectivity index is 1.56. The standard InChI is InChI=1S/C16H18N2O3/c19-16(20)12-7-5-11(6-8-12)9-17-10-14-13-3-1-2-4-15(13)21-18-14/h5-8,17H,1-4,9-10H2,(H,19,20). The Kier molecular flexibility index (Phi) is 4.01. The molecule has 0 aliphatic heterocycles. The molecule has 1 aromatic carbocycles. The second kappa shape index (κ2) is 6.10. The van der Waals surface area contributed by atoms with Gasteiger partial charge in [0.05, 0.1) is 5.56 Å². The molecular formula is C16H18N2O3. The highest BCUT2D eigenvalue weighted by Crippen LogP contribution is 2.24. The Bertz CT molecular complexity index is 631. The summed E-state index contributed by atoms with van der Waals surface area (Å²) < 4.78 is 5.38. The summed E-state index contributed by atoms with van der Waals surface area (Å²) in [5, 5.41) is 16.3. The van der Waals surface area contributed by atoms with Crippen molar-refractivity contribution in [3.8, 4) is 0 Å². The molecule has 110 valence electrons. The number of hydrogen-bond acceptors (Lipinski definition) is 4. The minimum atomic E-state index is -0.899. The van der Waals surface area contributed by atoms with E-state index in [0.717, 1.165) is 29.9 Å². The summed E-state index contributed by atoms with van der Waals surface area (Å²) in [6.45, 7) is 1.36. The summed E-state index contributed by atoms with van der Waals surface area (Å²) in [6, 6.07) is 6.90. The van der Waals surface area contributed by atoms with Crippen LogP contribution in [0.5, 0.6) is 0 Å². The van der Waals surface area contributed by atoms with Crippen molar-refractivity contribution in [1.82, 2.24) is 10.5 Å². The summed E-state index contributed by atoms with van der Waals surface area (Å²) >= 11 is 0. The fraction of sp³-hybridized carbons (Fsp3) is 0.375. The molecule has 5 nitrogen and oxygen atoms in total. The highest BCUT2D eigenvalue weighted by molar-refractivity contribution is 5.87.